The molecule has 0 bridgehead atoms. The van der Waals surface area contributed by atoms with Crippen LogP contribution in [0, 0.1) is 12.7 Å². The first-order chi connectivity index (χ1) is 11.1. The van der Waals surface area contributed by atoms with Crippen molar-refractivity contribution >= 4 is 11.9 Å². The Kier molecular flexibility index (Phi) is 5.86. The summed E-state index contributed by atoms with van der Waals surface area (Å²) < 4.78 is 18.3. The number of halogens is 1. The van der Waals surface area contributed by atoms with Crippen LogP contribution in [0.1, 0.15) is 16.7 Å². The summed E-state index contributed by atoms with van der Waals surface area (Å²) in [5.74, 6) is -1.32. The lowest BCUT2D eigenvalue weighted by molar-refractivity contribution is -0.147. The summed E-state index contributed by atoms with van der Waals surface area (Å²) in [6, 6.07) is 13.7. The van der Waals surface area contributed by atoms with E-state index in [-0.39, 0.29) is 25.4 Å². The highest BCUT2D eigenvalue weighted by Gasteiger charge is 2.10. The van der Waals surface area contributed by atoms with Crippen LogP contribution in [0.4, 0.5) is 4.39 Å². The van der Waals surface area contributed by atoms with Crippen LogP contribution in [0.15, 0.2) is 48.5 Å². The Morgan fingerprint density at radius 3 is 2.39 bits per heavy atom. The third-order valence-corrected chi connectivity index (χ3v) is 3.39. The van der Waals surface area contributed by atoms with Crippen LogP contribution in [0.25, 0.3) is 0 Å². The highest BCUT2D eigenvalue weighted by Crippen LogP contribution is 2.08. The van der Waals surface area contributed by atoms with E-state index in [4.69, 9.17) is 4.74 Å². The van der Waals surface area contributed by atoms with Crippen LogP contribution in [0.3, 0.4) is 0 Å². The first-order valence-electron chi connectivity index (χ1n) is 7.26. The Hall–Kier alpha value is -2.69. The van der Waals surface area contributed by atoms with Crippen molar-refractivity contribution in [1.29, 1.82) is 0 Å². The molecule has 0 aliphatic rings. The summed E-state index contributed by atoms with van der Waals surface area (Å²) in [5.41, 5.74) is 2.24. The van der Waals surface area contributed by atoms with Crippen LogP contribution in [0.2, 0.25) is 0 Å². The number of rotatable bonds is 6. The molecule has 23 heavy (non-hydrogen) atoms. The Morgan fingerprint density at radius 2 is 1.70 bits per heavy atom. The molecular formula is C18H18FNO3. The monoisotopic (exact) mass is 315 g/mol. The van der Waals surface area contributed by atoms with E-state index < -0.39 is 11.9 Å². The molecular weight excluding hydrogens is 297 g/mol. The zero-order chi connectivity index (χ0) is 16.7. The molecule has 0 aliphatic carbocycles. The molecule has 0 aliphatic heterocycles. The van der Waals surface area contributed by atoms with Gasteiger partial charge in [-0.3, -0.25) is 9.59 Å². The van der Waals surface area contributed by atoms with Crippen molar-refractivity contribution in [2.75, 3.05) is 6.61 Å². The molecule has 0 heterocycles. The smallest absolute Gasteiger partial charge is 0.310 e. The SMILES string of the molecule is Cc1ccccc1CC(=O)OCC(=O)NCc1ccccc1F. The second-order valence-electron chi connectivity index (χ2n) is 5.13. The van der Waals surface area contributed by atoms with Crippen LogP contribution < -0.4 is 5.32 Å². The second-order valence-corrected chi connectivity index (χ2v) is 5.13. The molecule has 0 aromatic heterocycles. The number of ether oxygens (including phenoxy) is 1. The van der Waals surface area contributed by atoms with E-state index in [1.54, 1.807) is 18.2 Å². The third-order valence-electron chi connectivity index (χ3n) is 3.39. The van der Waals surface area contributed by atoms with Crippen LogP contribution in [0.5, 0.6) is 0 Å². The molecule has 120 valence electrons. The van der Waals surface area contributed by atoms with Crippen molar-refractivity contribution < 1.29 is 18.7 Å². The van der Waals surface area contributed by atoms with Gasteiger partial charge in [0.2, 0.25) is 0 Å². The van der Waals surface area contributed by atoms with Gasteiger partial charge in [0.05, 0.1) is 6.42 Å². The average Bonchev–Trinajstić information content (AvgIpc) is 2.54. The summed E-state index contributed by atoms with van der Waals surface area (Å²) >= 11 is 0. The standard InChI is InChI=1S/C18H18FNO3/c1-13-6-2-3-7-14(13)10-18(22)23-12-17(21)20-11-15-8-4-5-9-16(15)19/h2-9H,10-12H2,1H3,(H,20,21). The van der Waals surface area contributed by atoms with Crippen LogP contribution in [-0.2, 0) is 27.3 Å². The van der Waals surface area contributed by atoms with Gasteiger partial charge < -0.3 is 10.1 Å². The number of carbonyl (C=O) groups is 2. The number of carbonyl (C=O) groups excluding carboxylic acids is 2. The molecule has 4 nitrogen and oxygen atoms in total. The molecule has 2 rings (SSSR count). The molecule has 0 spiro atoms. The molecule has 5 heteroatoms. The van der Waals surface area contributed by atoms with Crippen molar-refractivity contribution in [3.05, 3.63) is 71.0 Å². The molecule has 2 aromatic rings. The maximum absolute atomic E-state index is 13.4. The lowest BCUT2D eigenvalue weighted by atomic mass is 10.1. The lowest BCUT2D eigenvalue weighted by Gasteiger charge is -2.08. The summed E-state index contributed by atoms with van der Waals surface area (Å²) in [7, 11) is 0. The van der Waals surface area contributed by atoms with E-state index in [0.29, 0.717) is 5.56 Å². The fourth-order valence-corrected chi connectivity index (χ4v) is 2.05. The minimum atomic E-state index is -0.472. The van der Waals surface area contributed by atoms with Crippen LogP contribution >= 0.6 is 0 Å². The Morgan fingerprint density at radius 1 is 1.04 bits per heavy atom. The second kappa shape index (κ2) is 8.08. The van der Waals surface area contributed by atoms with Crippen LogP contribution in [-0.4, -0.2) is 18.5 Å². The minimum Gasteiger partial charge on any atom is -0.455 e. The predicted octanol–water partition coefficient (Wildman–Crippen LogP) is 2.54. The van der Waals surface area contributed by atoms with Gasteiger partial charge in [0.25, 0.3) is 5.91 Å². The van der Waals surface area contributed by atoms with Crippen molar-refractivity contribution in [3.63, 3.8) is 0 Å². The number of hydrogen-bond donors (Lipinski definition) is 1. The Balaban J connectivity index is 1.75. The molecule has 1 N–H and O–H groups in total. The molecule has 0 unspecified atom stereocenters. The van der Waals surface area contributed by atoms with Gasteiger partial charge in [-0.15, -0.1) is 0 Å². The molecule has 0 fully saturated rings. The zero-order valence-corrected chi connectivity index (χ0v) is 12.8. The van der Waals surface area contributed by atoms with Crippen molar-refractivity contribution in [2.24, 2.45) is 0 Å². The Bertz CT molecular complexity index is 700. The largest absolute Gasteiger partial charge is 0.455 e. The topological polar surface area (TPSA) is 55.4 Å². The Labute approximate surface area is 134 Å². The van der Waals surface area contributed by atoms with Gasteiger partial charge >= 0.3 is 5.97 Å². The van der Waals surface area contributed by atoms with E-state index in [0.717, 1.165) is 11.1 Å². The van der Waals surface area contributed by atoms with Crippen molar-refractivity contribution in [1.82, 2.24) is 5.32 Å². The van der Waals surface area contributed by atoms with E-state index >= 15 is 0 Å². The predicted molar refractivity (Wildman–Crippen MR) is 84.1 cm³/mol. The maximum atomic E-state index is 13.4. The number of aryl methyl sites for hydroxylation is 1. The number of benzene rings is 2. The van der Waals surface area contributed by atoms with Gasteiger partial charge in [-0.25, -0.2) is 4.39 Å². The number of esters is 1. The van der Waals surface area contributed by atoms with E-state index in [2.05, 4.69) is 5.32 Å². The fourth-order valence-electron chi connectivity index (χ4n) is 2.05. The molecule has 0 saturated heterocycles. The summed E-state index contributed by atoms with van der Waals surface area (Å²) in [5, 5.41) is 2.51. The van der Waals surface area contributed by atoms with Crippen molar-refractivity contribution in [2.45, 2.75) is 19.9 Å². The summed E-state index contributed by atoms with van der Waals surface area (Å²) in [6.07, 6.45) is 0.118. The molecule has 1 amide bonds. The van der Waals surface area contributed by atoms with Gasteiger partial charge in [0.15, 0.2) is 6.61 Å². The first-order valence-corrected chi connectivity index (χ1v) is 7.26. The zero-order valence-electron chi connectivity index (χ0n) is 12.8. The van der Waals surface area contributed by atoms with E-state index in [1.165, 1.54) is 6.07 Å². The van der Waals surface area contributed by atoms with Gasteiger partial charge in [-0.2, -0.15) is 0 Å². The highest BCUT2D eigenvalue weighted by molar-refractivity contribution is 5.81. The van der Waals surface area contributed by atoms with Gasteiger partial charge in [-0.05, 0) is 24.1 Å². The van der Waals surface area contributed by atoms with Gasteiger partial charge in [-0.1, -0.05) is 42.5 Å². The molecule has 0 saturated carbocycles. The molecule has 0 radical (unpaired) electrons. The molecule has 2 aromatic carbocycles. The first kappa shape index (κ1) is 16.7. The summed E-state index contributed by atoms with van der Waals surface area (Å²) in [6.45, 7) is 1.59. The van der Waals surface area contributed by atoms with Gasteiger partial charge in [0, 0.05) is 12.1 Å². The number of hydrogen-bond acceptors (Lipinski definition) is 3. The van der Waals surface area contributed by atoms with Gasteiger partial charge in [0.1, 0.15) is 5.82 Å². The lowest BCUT2D eigenvalue weighted by Crippen LogP contribution is -2.29. The minimum absolute atomic E-state index is 0.0564. The number of nitrogens with one attached hydrogen (secondary N) is 1. The molecule has 0 atom stereocenters. The maximum Gasteiger partial charge on any atom is 0.310 e. The van der Waals surface area contributed by atoms with Crippen molar-refractivity contribution in [3.8, 4) is 0 Å². The quantitative estimate of drug-likeness (QED) is 0.834. The fraction of sp³-hybridized carbons (Fsp3) is 0.222. The average molecular weight is 315 g/mol. The summed E-state index contributed by atoms with van der Waals surface area (Å²) in [4.78, 5) is 23.4. The van der Waals surface area contributed by atoms with E-state index in [1.807, 2.05) is 31.2 Å². The highest BCUT2D eigenvalue weighted by atomic mass is 19.1. The number of amides is 1. The normalized spacial score (nSPS) is 10.2. The van der Waals surface area contributed by atoms with E-state index in [9.17, 15) is 14.0 Å². The third kappa shape index (κ3) is 5.21.